The van der Waals surface area contributed by atoms with E-state index in [2.05, 4.69) is 520 Å². The van der Waals surface area contributed by atoms with E-state index in [0.29, 0.717) is 44.7 Å². The highest BCUT2D eigenvalue weighted by molar-refractivity contribution is 8.06. The highest BCUT2D eigenvalue weighted by Gasteiger charge is 2.60. The first-order valence-electron chi connectivity index (χ1n) is 52.5. The summed E-state index contributed by atoms with van der Waals surface area (Å²) in [4.78, 5) is 13.2. The first kappa shape index (κ1) is 87.7. The maximum atomic E-state index is 2.65. The van der Waals surface area contributed by atoms with Crippen molar-refractivity contribution in [2.45, 2.75) is 86.1 Å². The smallest absolute Gasteiger partial charge is 0.339 e. The lowest BCUT2D eigenvalue weighted by atomic mass is 9.68. The number of pyridine rings is 5. The minimum Gasteiger partial charge on any atom is -0.375 e. The summed E-state index contributed by atoms with van der Waals surface area (Å²) in [5.41, 5.74) is 48.5. The van der Waals surface area contributed by atoms with Gasteiger partial charge in [0.2, 0.25) is 28.5 Å². The first-order valence-corrected chi connectivity index (χ1v) is 59.5. The van der Waals surface area contributed by atoms with Gasteiger partial charge < -0.3 is 24.1 Å². The first-order chi connectivity index (χ1) is 73.0. The fourth-order valence-corrected chi connectivity index (χ4v) is 42.2. The van der Waals surface area contributed by atoms with Crippen LogP contribution >= 0.6 is 39.0 Å². The zero-order chi connectivity index (χ0) is 97.8. The van der Waals surface area contributed by atoms with Crippen molar-refractivity contribution in [2.24, 2.45) is 0 Å². The molecule has 5 atom stereocenters. The van der Waals surface area contributed by atoms with E-state index in [9.17, 15) is 0 Å². The summed E-state index contributed by atoms with van der Waals surface area (Å²) in [5, 5.41) is 14.8. The van der Waals surface area contributed by atoms with Crippen molar-refractivity contribution in [1.29, 1.82) is 0 Å². The van der Waals surface area contributed by atoms with Crippen LogP contribution in [0, 0.1) is 13.8 Å². The molecular weight excluding hydrogens is 1890 g/mol. The van der Waals surface area contributed by atoms with Crippen LogP contribution in [-0.2, 0) is 32.7 Å². The lowest BCUT2D eigenvalue weighted by molar-refractivity contribution is -0.671. The summed E-state index contributed by atoms with van der Waals surface area (Å²) in [6.07, 6.45) is 11.2. The van der Waals surface area contributed by atoms with Gasteiger partial charge in [0.25, 0.3) is 0 Å². The van der Waals surface area contributed by atoms with Crippen molar-refractivity contribution >= 4 is 209 Å². The normalized spacial score (nSPS) is 17.2. The van der Waals surface area contributed by atoms with Gasteiger partial charge >= 0.3 is 32.8 Å². The lowest BCUT2D eigenvalue weighted by Crippen LogP contribution is -2.51. The van der Waals surface area contributed by atoms with Crippen molar-refractivity contribution in [1.82, 2.24) is 0 Å². The number of fused-ring (bicyclic) bond motifs is 25. The number of rotatable bonds is 7. The van der Waals surface area contributed by atoms with Crippen LogP contribution in [0.2, 0.25) is 0 Å². The molecule has 0 spiro atoms. The Hall–Kier alpha value is -14.5. The average molecular weight is 1990 g/mol. The van der Waals surface area contributed by atoms with Crippen molar-refractivity contribution in [3.63, 3.8) is 0 Å². The highest BCUT2D eigenvalue weighted by Crippen LogP contribution is 2.63. The molecule has 0 fully saturated rings. The van der Waals surface area contributed by atoms with Gasteiger partial charge in [-0.15, -0.1) is 0 Å². The molecule has 0 bridgehead atoms. The molecule has 20 heterocycles. The predicted octanol–water partition coefficient (Wildman–Crippen LogP) is 19.3. The van der Waals surface area contributed by atoms with Crippen LogP contribution in [-0.4, -0.2) is 32.8 Å². The molecule has 35 rings (SSSR count). The van der Waals surface area contributed by atoms with Gasteiger partial charge in [-0.1, -0.05) is 325 Å². The molecule has 0 saturated heterocycles. The number of hydrogen-bond acceptors (Lipinski definition) is 5. The summed E-state index contributed by atoms with van der Waals surface area (Å²) in [5.74, 6) is 1.08. The second-order valence-electron chi connectivity index (χ2n) is 42.3. The molecule has 698 valence electrons. The highest BCUT2D eigenvalue weighted by atomic mass is 31.1. The van der Waals surface area contributed by atoms with Crippen LogP contribution in [0.25, 0.3) is 56.3 Å². The van der Waals surface area contributed by atoms with Crippen LogP contribution in [0.3, 0.4) is 0 Å². The summed E-state index contributed by atoms with van der Waals surface area (Å²) < 4.78 is 12.2. The Bertz CT molecular complexity index is 9040. The quantitative estimate of drug-likeness (QED) is 0.0903. The minimum absolute atomic E-state index is 0.351. The third kappa shape index (κ3) is 12.9. The van der Waals surface area contributed by atoms with Crippen molar-refractivity contribution < 1.29 is 22.8 Å². The Morgan fingerprint density at radius 2 is 0.500 bits per heavy atom. The Labute approximate surface area is 873 Å². The summed E-state index contributed by atoms with van der Waals surface area (Å²) in [7, 11) is -2.58. The topological polar surface area (TPSA) is 35.6 Å². The molecule has 0 saturated carbocycles. The van der Waals surface area contributed by atoms with Gasteiger partial charge in [-0.2, -0.15) is 22.8 Å². The Kier molecular flexibility index (Phi) is 20.2. The van der Waals surface area contributed by atoms with Crippen LogP contribution in [0.15, 0.2) is 431 Å². The van der Waals surface area contributed by atoms with E-state index in [4.69, 9.17) is 0 Å². The molecule has 15 aliphatic heterocycles. The molecule has 0 amide bonds. The van der Waals surface area contributed by atoms with Gasteiger partial charge in [0.05, 0.1) is 27.8 Å². The monoisotopic (exact) mass is 1990 g/mol. The van der Waals surface area contributed by atoms with E-state index < -0.39 is 39.0 Å². The molecule has 15 aliphatic rings. The number of nitrogens with zero attached hydrogens (tertiary/aromatic N) is 10. The second-order valence-corrected chi connectivity index (χ2v) is 53.4. The molecule has 20 aromatic rings. The largest absolute Gasteiger partial charge is 0.375 e. The number of para-hydroxylation sites is 4. The van der Waals surface area contributed by atoms with Crippen LogP contribution in [0.5, 0.6) is 0 Å². The zero-order valence-electron chi connectivity index (χ0n) is 83.3. The summed E-state index contributed by atoms with van der Waals surface area (Å²) in [6.45, 7) is 20.3. The molecule has 5 aromatic heterocycles. The Balaban J connectivity index is 0.0000000837. The van der Waals surface area contributed by atoms with E-state index in [1.807, 2.05) is 0 Å². The molecule has 148 heavy (non-hydrogen) atoms. The SMILES string of the molecule is CC(C)c1cc2c3c(c1)B1N(c4ccccc4P1c1ccccc1)c1ccc[n+](c1-3)C2.CC(C)c1ccc(P2B3c4cccc5c4-c4c(ccc[n+]4C5)N3c3ccccc32)cc1.Cc1cc2c3c(c1)N1B(c4ccc[n+](c4-3)C2)P(c2ccccc2)c2ccccc21.Cc1ccc2c(c1)N1B(c3ccc[n+]4c3-c3c(cccc31)C4)P2c1ccccc1.c1ccc(P2B3c4ccc[n+]5c4-c4c(cccc4N3c3ccccc32)C5)cc1. The van der Waals surface area contributed by atoms with E-state index in [1.165, 1.54) is 244 Å². The average Bonchev–Trinajstić information content (AvgIpc) is 1.51. The molecule has 10 nitrogen and oxygen atoms in total. The van der Waals surface area contributed by atoms with Crippen LogP contribution in [0.4, 0.5) is 56.9 Å². The molecule has 5 unspecified atom stereocenters. The Morgan fingerprint density at radius 1 is 0.203 bits per heavy atom. The third-order valence-electron chi connectivity index (χ3n) is 33.4. The second kappa shape index (κ2) is 34.0. The van der Waals surface area contributed by atoms with Gasteiger partial charge in [0.15, 0.2) is 63.7 Å². The Morgan fingerprint density at radius 3 is 0.932 bits per heavy atom. The molecule has 20 heteroatoms. The van der Waals surface area contributed by atoms with E-state index in [1.54, 1.807) is 0 Å². The summed E-state index contributed by atoms with van der Waals surface area (Å²) in [6, 6.07) is 151. The standard InChI is InChI=1S/2C27H23BN2P.2C25H19BN2P.C24H17BN2P/c1-18(2)19-12-14-21(15-13-19)31-25-11-4-3-9-23(25)30-24-10-6-16-29-17-20-7-5-8-22(28(30)31)26(20)27(24)29;1-18(2)19-15-20-17-29-14-8-12-24-27(29)26(20)22(16-19)28-30(24)23-11-6-7-13-25(23)31(28)21-9-4-3-5-10-21;1-17-12-13-23-22(15-17)28-21-11-5-7-18-16-27-14-6-10-20(25(27)24(18)21)26(28)29(23)19-8-3-2-4-9-19;1-17-14-18-16-27-13-7-10-20-25(27)24(18)22(15-17)28-21-11-5-6-12-23(21)29(26(20)28)19-8-3-2-4-9-19;1-2-9-18(10-3-1)28-22-14-5-4-12-20(22)27-21-13-6-8-17-16-26-15-7-11-19(25(27)28)24(26)23(17)21/h2*3-16,18H,17H2,1-2H3;2*2-15H,16H2,1H3;1-15H,16H2/q5*+1. The fraction of sp³-hybridized carbons (Fsp3) is 0.102. The van der Waals surface area contributed by atoms with Gasteiger partial charge in [-0.05, 0) is 224 Å². The van der Waals surface area contributed by atoms with Crippen molar-refractivity contribution in [3.05, 3.63) is 481 Å². The minimum atomic E-state index is -0.529. The van der Waals surface area contributed by atoms with Crippen molar-refractivity contribution in [2.75, 3.05) is 24.1 Å². The van der Waals surface area contributed by atoms with E-state index >= 15 is 0 Å². The van der Waals surface area contributed by atoms with Gasteiger partial charge in [-0.25, -0.2) is 0 Å². The van der Waals surface area contributed by atoms with Crippen molar-refractivity contribution in [3.8, 4) is 56.3 Å². The van der Waals surface area contributed by atoms with E-state index in [0.717, 1.165) is 32.7 Å². The maximum Gasteiger partial charge on any atom is 0.339 e. The van der Waals surface area contributed by atoms with Gasteiger partial charge in [0, 0.05) is 120 Å². The molecule has 15 aromatic carbocycles. The number of aryl methyl sites for hydroxylation is 2. The predicted molar refractivity (Wildman–Crippen MR) is 627 cm³/mol. The van der Waals surface area contributed by atoms with Crippen LogP contribution < -0.4 is 127 Å². The number of benzene rings is 15. The van der Waals surface area contributed by atoms with Gasteiger partial charge in [-0.3, -0.25) is 0 Å². The van der Waals surface area contributed by atoms with E-state index in [-0.39, 0.29) is 0 Å². The van der Waals surface area contributed by atoms with Crippen LogP contribution in [0.1, 0.15) is 89.6 Å². The number of anilines is 10. The third-order valence-corrected chi connectivity index (χ3v) is 47.1. The molecular formula is C128H101B5N10P5+5. The maximum absolute atomic E-state index is 2.65. The number of hydrogen-bond donors (Lipinski definition) is 0. The lowest BCUT2D eigenvalue weighted by Gasteiger charge is -2.33. The molecule has 0 aliphatic carbocycles. The summed E-state index contributed by atoms with van der Waals surface area (Å²) >= 11 is 0. The number of aromatic nitrogens is 5. The van der Waals surface area contributed by atoms with Gasteiger partial charge in [0.1, 0.15) is 11.4 Å². The molecule has 0 N–H and O–H groups in total. The fourth-order valence-electron chi connectivity index (χ4n) is 27.4. The zero-order valence-corrected chi connectivity index (χ0v) is 87.7. The molecule has 0 radical (unpaired) electrons.